The first kappa shape index (κ1) is 24.4. The Kier molecular flexibility index (Phi) is 9.10. The predicted molar refractivity (Wildman–Crippen MR) is 125 cm³/mol. The van der Waals surface area contributed by atoms with Crippen molar-refractivity contribution in [3.8, 4) is 5.75 Å². The highest BCUT2D eigenvalue weighted by Gasteiger charge is 2.29. The molecule has 0 fully saturated rings. The van der Waals surface area contributed by atoms with E-state index in [1.165, 1.54) is 0 Å². The van der Waals surface area contributed by atoms with Gasteiger partial charge >= 0.3 is 0 Å². The lowest BCUT2D eigenvalue weighted by Gasteiger charge is -2.31. The van der Waals surface area contributed by atoms with Crippen molar-refractivity contribution < 1.29 is 14.3 Å². The molecule has 2 aromatic carbocycles. The van der Waals surface area contributed by atoms with Crippen molar-refractivity contribution in [1.29, 1.82) is 0 Å². The highest BCUT2D eigenvalue weighted by atomic mass is 16.5. The number of hydrogen-bond acceptors (Lipinski definition) is 3. The molecule has 1 N–H and O–H groups in total. The molecule has 0 spiro atoms. The molecule has 168 valence electrons. The first-order valence-electron chi connectivity index (χ1n) is 11.0. The van der Waals surface area contributed by atoms with Gasteiger partial charge in [0.25, 0.3) is 5.91 Å². The quantitative estimate of drug-likeness (QED) is 0.608. The van der Waals surface area contributed by atoms with Crippen LogP contribution in [0.2, 0.25) is 0 Å². The highest BCUT2D eigenvalue weighted by Crippen LogP contribution is 2.20. The van der Waals surface area contributed by atoms with E-state index in [4.69, 9.17) is 4.74 Å². The third-order valence-electron chi connectivity index (χ3n) is 5.23. The van der Waals surface area contributed by atoms with E-state index in [1.54, 1.807) is 4.90 Å². The van der Waals surface area contributed by atoms with E-state index in [0.29, 0.717) is 31.2 Å². The molecule has 2 rings (SSSR count). The average molecular weight is 425 g/mol. The van der Waals surface area contributed by atoms with Crippen LogP contribution in [0, 0.1) is 26.7 Å². The van der Waals surface area contributed by atoms with E-state index in [-0.39, 0.29) is 18.4 Å². The van der Waals surface area contributed by atoms with Crippen LogP contribution in [0.1, 0.15) is 49.4 Å². The molecule has 0 radical (unpaired) electrons. The molecule has 0 saturated heterocycles. The van der Waals surface area contributed by atoms with Crippen molar-refractivity contribution in [1.82, 2.24) is 10.2 Å². The van der Waals surface area contributed by atoms with Crippen molar-refractivity contribution >= 4 is 11.8 Å². The number of benzene rings is 2. The Morgan fingerprint density at radius 2 is 1.65 bits per heavy atom. The van der Waals surface area contributed by atoms with Gasteiger partial charge in [0.1, 0.15) is 11.8 Å². The summed E-state index contributed by atoms with van der Waals surface area (Å²) >= 11 is 0. The summed E-state index contributed by atoms with van der Waals surface area (Å²) in [5.74, 6) is 0.706. The Morgan fingerprint density at radius 1 is 1.00 bits per heavy atom. The zero-order valence-electron chi connectivity index (χ0n) is 19.7. The summed E-state index contributed by atoms with van der Waals surface area (Å²) in [5, 5.41) is 2.98. The fourth-order valence-electron chi connectivity index (χ4n) is 3.42. The van der Waals surface area contributed by atoms with Crippen molar-refractivity contribution in [3.63, 3.8) is 0 Å². The van der Waals surface area contributed by atoms with Crippen LogP contribution in [0.15, 0.2) is 42.5 Å². The molecular weight excluding hydrogens is 388 g/mol. The largest absolute Gasteiger partial charge is 0.483 e. The Hall–Kier alpha value is -2.82. The van der Waals surface area contributed by atoms with E-state index in [9.17, 15) is 9.59 Å². The molecule has 2 amide bonds. The van der Waals surface area contributed by atoms with Crippen molar-refractivity contribution in [3.05, 3.63) is 64.7 Å². The monoisotopic (exact) mass is 424 g/mol. The molecule has 31 heavy (non-hydrogen) atoms. The first-order chi connectivity index (χ1) is 14.7. The highest BCUT2D eigenvalue weighted by molar-refractivity contribution is 5.88. The van der Waals surface area contributed by atoms with Crippen LogP contribution in [0.4, 0.5) is 0 Å². The molecule has 0 aromatic heterocycles. The smallest absolute Gasteiger partial charge is 0.261 e. The number of ether oxygens (including phenoxy) is 1. The second-order valence-corrected chi connectivity index (χ2v) is 8.63. The van der Waals surface area contributed by atoms with Crippen molar-refractivity contribution in [2.75, 3.05) is 13.2 Å². The zero-order valence-corrected chi connectivity index (χ0v) is 19.7. The summed E-state index contributed by atoms with van der Waals surface area (Å²) in [5.41, 5.74) is 4.27. The molecule has 0 heterocycles. The molecule has 1 atom stereocenters. The minimum absolute atomic E-state index is 0.107. The minimum atomic E-state index is -0.546. The van der Waals surface area contributed by atoms with E-state index in [2.05, 4.69) is 5.32 Å². The van der Waals surface area contributed by atoms with Crippen LogP contribution in [0.5, 0.6) is 5.75 Å². The third-order valence-corrected chi connectivity index (χ3v) is 5.23. The van der Waals surface area contributed by atoms with Gasteiger partial charge in [0.05, 0.1) is 0 Å². The maximum absolute atomic E-state index is 13.2. The van der Waals surface area contributed by atoms with Crippen LogP contribution < -0.4 is 10.1 Å². The summed E-state index contributed by atoms with van der Waals surface area (Å²) in [4.78, 5) is 27.8. The molecule has 0 aliphatic rings. The molecule has 0 bridgehead atoms. The van der Waals surface area contributed by atoms with Gasteiger partial charge in [0.15, 0.2) is 6.61 Å². The van der Waals surface area contributed by atoms with Crippen LogP contribution in [-0.4, -0.2) is 35.9 Å². The van der Waals surface area contributed by atoms with Gasteiger partial charge in [-0.1, -0.05) is 68.3 Å². The second kappa shape index (κ2) is 11.5. The van der Waals surface area contributed by atoms with Gasteiger partial charge in [-0.15, -0.1) is 0 Å². The number of hydrogen-bond donors (Lipinski definition) is 1. The number of aryl methyl sites for hydroxylation is 3. The molecular formula is C26H36N2O3. The molecule has 5 nitrogen and oxygen atoms in total. The normalized spacial score (nSPS) is 11.8. The lowest BCUT2D eigenvalue weighted by Crippen LogP contribution is -2.50. The maximum atomic E-state index is 13.2. The summed E-state index contributed by atoms with van der Waals surface area (Å²) in [6, 6.07) is 13.4. The number of carbonyl (C=O) groups is 2. The summed E-state index contributed by atoms with van der Waals surface area (Å²) < 4.78 is 5.84. The number of nitrogens with one attached hydrogen (secondary N) is 1. The standard InChI is InChI=1S/C26H36N2O3/c1-7-23(26(30)27-15-18(2)3)28(16-22-11-8-19(4)9-12-22)25(29)17-31-24-13-10-20(5)14-21(24)6/h8-14,18,23H,7,15-17H2,1-6H3,(H,27,30)/t23-/m1/s1. The third kappa shape index (κ3) is 7.42. The fraction of sp³-hybridized carbons (Fsp3) is 0.462. The van der Waals surface area contributed by atoms with Gasteiger partial charge in [-0.05, 0) is 50.3 Å². The fourth-order valence-corrected chi connectivity index (χ4v) is 3.42. The molecule has 2 aromatic rings. The molecule has 0 unspecified atom stereocenters. The first-order valence-corrected chi connectivity index (χ1v) is 11.0. The number of nitrogens with zero attached hydrogens (tertiary/aromatic N) is 1. The van der Waals surface area contributed by atoms with Crippen LogP contribution in [-0.2, 0) is 16.1 Å². The Bertz CT molecular complexity index is 875. The van der Waals surface area contributed by atoms with Gasteiger partial charge in [-0.3, -0.25) is 9.59 Å². The van der Waals surface area contributed by atoms with Crippen molar-refractivity contribution in [2.45, 2.75) is 60.5 Å². The molecule has 0 aliphatic carbocycles. The lowest BCUT2D eigenvalue weighted by molar-refractivity contribution is -0.143. The Morgan fingerprint density at radius 3 is 2.23 bits per heavy atom. The van der Waals surface area contributed by atoms with Crippen LogP contribution in [0.3, 0.4) is 0 Å². The molecule has 0 saturated carbocycles. The van der Waals surface area contributed by atoms with Crippen LogP contribution >= 0.6 is 0 Å². The minimum Gasteiger partial charge on any atom is -0.483 e. The Balaban J connectivity index is 2.20. The topological polar surface area (TPSA) is 58.6 Å². The average Bonchev–Trinajstić information content (AvgIpc) is 2.72. The van der Waals surface area contributed by atoms with Gasteiger partial charge in [0.2, 0.25) is 5.91 Å². The summed E-state index contributed by atoms with van der Waals surface area (Å²) in [6.07, 6.45) is 0.533. The second-order valence-electron chi connectivity index (χ2n) is 8.63. The SMILES string of the molecule is CC[C@H](C(=O)NCC(C)C)N(Cc1ccc(C)cc1)C(=O)COc1ccc(C)cc1C. The maximum Gasteiger partial charge on any atom is 0.261 e. The van der Waals surface area contributed by atoms with Crippen LogP contribution in [0.25, 0.3) is 0 Å². The van der Waals surface area contributed by atoms with E-state index in [0.717, 1.165) is 22.3 Å². The summed E-state index contributed by atoms with van der Waals surface area (Å²) in [6.45, 7) is 12.9. The van der Waals surface area contributed by atoms with E-state index < -0.39 is 6.04 Å². The molecule has 0 aliphatic heterocycles. The predicted octanol–water partition coefficient (Wildman–Crippen LogP) is 4.57. The van der Waals surface area contributed by atoms with Gasteiger partial charge < -0.3 is 15.0 Å². The van der Waals surface area contributed by atoms with E-state index >= 15 is 0 Å². The number of rotatable bonds is 10. The Labute approximate surface area is 186 Å². The van der Waals surface area contributed by atoms with Gasteiger partial charge in [-0.2, -0.15) is 0 Å². The van der Waals surface area contributed by atoms with Gasteiger partial charge in [0, 0.05) is 13.1 Å². The zero-order chi connectivity index (χ0) is 23.0. The number of carbonyl (C=O) groups excluding carboxylic acids is 2. The summed E-state index contributed by atoms with van der Waals surface area (Å²) in [7, 11) is 0. The van der Waals surface area contributed by atoms with Gasteiger partial charge in [-0.25, -0.2) is 0 Å². The van der Waals surface area contributed by atoms with Crippen molar-refractivity contribution in [2.24, 2.45) is 5.92 Å². The lowest BCUT2D eigenvalue weighted by atomic mass is 10.1. The van der Waals surface area contributed by atoms with E-state index in [1.807, 2.05) is 84.0 Å². The number of amides is 2. The molecule has 5 heteroatoms.